The largest absolute Gasteiger partial charge is 0.488 e. The van der Waals surface area contributed by atoms with E-state index in [4.69, 9.17) is 25.8 Å². The van der Waals surface area contributed by atoms with Crippen molar-refractivity contribution in [2.75, 3.05) is 19.8 Å². The summed E-state index contributed by atoms with van der Waals surface area (Å²) in [6, 6.07) is 10.6. The third kappa shape index (κ3) is 5.62. The minimum absolute atomic E-state index is 0.107. The highest BCUT2D eigenvalue weighted by Crippen LogP contribution is 2.31. The van der Waals surface area contributed by atoms with Crippen LogP contribution in [0.25, 0.3) is 0 Å². The summed E-state index contributed by atoms with van der Waals surface area (Å²) < 4.78 is 28.8. The van der Waals surface area contributed by atoms with Crippen molar-refractivity contribution in [2.24, 2.45) is 0 Å². The van der Waals surface area contributed by atoms with Crippen molar-refractivity contribution in [3.63, 3.8) is 0 Å². The third-order valence-electron chi connectivity index (χ3n) is 2.85. The van der Waals surface area contributed by atoms with E-state index in [0.29, 0.717) is 28.8 Å². The molecule has 128 valence electrons. The van der Waals surface area contributed by atoms with Crippen molar-refractivity contribution >= 4 is 17.7 Å². The van der Waals surface area contributed by atoms with Crippen molar-refractivity contribution in [1.82, 2.24) is 5.32 Å². The van der Waals surface area contributed by atoms with Crippen LogP contribution in [0.4, 0.5) is 9.18 Å². The molecule has 0 bridgehead atoms. The summed E-state index contributed by atoms with van der Waals surface area (Å²) in [4.78, 5) is 11.1. The monoisotopic (exact) mass is 353 g/mol. The fourth-order valence-corrected chi connectivity index (χ4v) is 2.01. The van der Waals surface area contributed by atoms with Crippen LogP contribution in [-0.2, 0) is 4.74 Å². The average molecular weight is 354 g/mol. The topological polar surface area (TPSA) is 56.8 Å². The molecule has 0 fully saturated rings. The normalized spacial score (nSPS) is 10.1. The Morgan fingerprint density at radius 1 is 1.12 bits per heavy atom. The molecule has 0 atom stereocenters. The summed E-state index contributed by atoms with van der Waals surface area (Å²) in [5.41, 5.74) is 0. The molecule has 0 radical (unpaired) electrons. The molecule has 0 saturated carbocycles. The lowest BCUT2D eigenvalue weighted by Gasteiger charge is -2.11. The first kappa shape index (κ1) is 17.9. The molecule has 24 heavy (non-hydrogen) atoms. The Labute approximate surface area is 144 Å². The molecule has 0 aliphatic carbocycles. The van der Waals surface area contributed by atoms with Crippen LogP contribution in [0.15, 0.2) is 42.5 Å². The smallest absolute Gasteiger partial charge is 0.407 e. The van der Waals surface area contributed by atoms with Crippen LogP contribution < -0.4 is 14.8 Å². The van der Waals surface area contributed by atoms with Crippen LogP contribution in [0, 0.1) is 5.82 Å². The van der Waals surface area contributed by atoms with E-state index in [1.54, 1.807) is 25.1 Å². The number of hydrogen-bond acceptors (Lipinski definition) is 4. The molecule has 0 aliphatic heterocycles. The Morgan fingerprint density at radius 2 is 1.83 bits per heavy atom. The van der Waals surface area contributed by atoms with E-state index in [0.717, 1.165) is 0 Å². The number of carbonyl (C=O) groups is 1. The van der Waals surface area contributed by atoms with Gasteiger partial charge >= 0.3 is 6.09 Å². The van der Waals surface area contributed by atoms with Crippen LogP contribution >= 0.6 is 11.6 Å². The molecule has 2 aromatic rings. The van der Waals surface area contributed by atoms with Crippen LogP contribution in [0.5, 0.6) is 17.2 Å². The fraction of sp³-hybridized carbons (Fsp3) is 0.235. The van der Waals surface area contributed by atoms with Crippen LogP contribution in [0.2, 0.25) is 5.02 Å². The van der Waals surface area contributed by atoms with Crippen molar-refractivity contribution < 1.29 is 23.4 Å². The van der Waals surface area contributed by atoms with Gasteiger partial charge in [0, 0.05) is 12.6 Å². The first-order valence-electron chi connectivity index (χ1n) is 7.35. The zero-order valence-electron chi connectivity index (χ0n) is 13.1. The summed E-state index contributed by atoms with van der Waals surface area (Å²) >= 11 is 6.13. The molecule has 0 unspecified atom stereocenters. The number of alkyl carbamates (subject to hydrolysis) is 1. The summed E-state index contributed by atoms with van der Waals surface area (Å²) in [6.45, 7) is 2.58. The van der Waals surface area contributed by atoms with Crippen molar-refractivity contribution in [3.8, 4) is 17.2 Å². The Hall–Kier alpha value is -2.47. The zero-order valence-corrected chi connectivity index (χ0v) is 13.8. The fourth-order valence-electron chi connectivity index (χ4n) is 1.78. The molecule has 5 nitrogen and oxygen atoms in total. The Morgan fingerprint density at radius 3 is 2.50 bits per heavy atom. The third-order valence-corrected chi connectivity index (χ3v) is 3.14. The van der Waals surface area contributed by atoms with Crippen molar-refractivity contribution in [1.29, 1.82) is 0 Å². The molecular weight excluding hydrogens is 337 g/mol. The average Bonchev–Trinajstić information content (AvgIpc) is 2.56. The maximum absolute atomic E-state index is 12.9. The first-order valence-corrected chi connectivity index (χ1v) is 7.72. The molecule has 1 amide bonds. The van der Waals surface area contributed by atoms with Gasteiger partial charge in [0.25, 0.3) is 0 Å². The number of ether oxygens (including phenoxy) is 3. The summed E-state index contributed by atoms with van der Waals surface area (Å²) in [6.07, 6.45) is -0.491. The van der Waals surface area contributed by atoms with E-state index in [1.807, 2.05) is 0 Å². The number of rotatable bonds is 7. The highest BCUT2D eigenvalue weighted by molar-refractivity contribution is 6.32. The standard InChI is InChI=1S/C17H17ClFNO4/c1-2-20-17(21)23-10-9-22-16-8-7-14(11-15(16)18)24-13-5-3-12(19)4-6-13/h3-8,11H,2,9-10H2,1H3,(H,20,21). The second-order valence-corrected chi connectivity index (χ2v) is 5.07. The van der Waals surface area contributed by atoms with Gasteiger partial charge in [-0.05, 0) is 43.3 Å². The predicted octanol–water partition coefficient (Wildman–Crippen LogP) is 4.40. The second kappa shape index (κ2) is 8.98. The predicted molar refractivity (Wildman–Crippen MR) is 88.4 cm³/mol. The molecule has 7 heteroatoms. The van der Waals surface area contributed by atoms with E-state index in [-0.39, 0.29) is 19.0 Å². The van der Waals surface area contributed by atoms with E-state index in [2.05, 4.69) is 5.32 Å². The number of hydrogen-bond donors (Lipinski definition) is 1. The van der Waals surface area contributed by atoms with E-state index in [1.165, 1.54) is 24.3 Å². The molecule has 0 saturated heterocycles. The van der Waals surface area contributed by atoms with Crippen LogP contribution in [0.1, 0.15) is 6.92 Å². The van der Waals surface area contributed by atoms with Crippen molar-refractivity contribution in [3.05, 3.63) is 53.3 Å². The number of amides is 1. The molecule has 0 aliphatic rings. The van der Waals surface area contributed by atoms with Gasteiger partial charge < -0.3 is 19.5 Å². The van der Waals surface area contributed by atoms with Crippen LogP contribution in [0.3, 0.4) is 0 Å². The maximum Gasteiger partial charge on any atom is 0.407 e. The van der Waals surface area contributed by atoms with Crippen molar-refractivity contribution in [2.45, 2.75) is 6.92 Å². The number of nitrogens with one attached hydrogen (secondary N) is 1. The molecule has 0 aromatic heterocycles. The van der Waals surface area contributed by atoms with Crippen LogP contribution in [-0.4, -0.2) is 25.9 Å². The zero-order chi connectivity index (χ0) is 17.4. The number of carbonyl (C=O) groups excluding carboxylic acids is 1. The van der Waals surface area contributed by atoms with Gasteiger partial charge in [-0.3, -0.25) is 0 Å². The molecule has 0 heterocycles. The minimum Gasteiger partial charge on any atom is -0.488 e. The molecular formula is C17H17ClFNO4. The van der Waals surface area contributed by atoms with E-state index >= 15 is 0 Å². The van der Waals surface area contributed by atoms with Gasteiger partial charge in [-0.2, -0.15) is 0 Å². The SMILES string of the molecule is CCNC(=O)OCCOc1ccc(Oc2ccc(F)cc2)cc1Cl. The van der Waals surface area contributed by atoms with Gasteiger partial charge in [0.05, 0.1) is 5.02 Å². The lowest BCUT2D eigenvalue weighted by Crippen LogP contribution is -2.25. The number of halogens is 2. The van der Waals surface area contributed by atoms with Gasteiger partial charge in [0.15, 0.2) is 0 Å². The van der Waals surface area contributed by atoms with Gasteiger partial charge in [0.2, 0.25) is 0 Å². The Bertz CT molecular complexity index is 679. The molecule has 1 N–H and O–H groups in total. The lowest BCUT2D eigenvalue weighted by atomic mass is 10.3. The Balaban J connectivity index is 1.85. The molecule has 0 spiro atoms. The van der Waals surface area contributed by atoms with Gasteiger partial charge in [0.1, 0.15) is 36.3 Å². The number of benzene rings is 2. The van der Waals surface area contributed by atoms with E-state index in [9.17, 15) is 9.18 Å². The molecule has 2 aromatic carbocycles. The van der Waals surface area contributed by atoms with E-state index < -0.39 is 6.09 Å². The van der Waals surface area contributed by atoms with Gasteiger partial charge in [-0.15, -0.1) is 0 Å². The summed E-state index contributed by atoms with van der Waals surface area (Å²) in [7, 11) is 0. The lowest BCUT2D eigenvalue weighted by molar-refractivity contribution is 0.125. The molecule has 2 rings (SSSR count). The van der Waals surface area contributed by atoms with Gasteiger partial charge in [-0.1, -0.05) is 11.6 Å². The second-order valence-electron chi connectivity index (χ2n) is 4.66. The summed E-state index contributed by atoms with van der Waals surface area (Å²) in [5, 5.41) is 2.86. The maximum atomic E-state index is 12.9. The first-order chi connectivity index (χ1) is 11.6. The summed E-state index contributed by atoms with van der Waals surface area (Å²) in [5.74, 6) is 1.11. The van der Waals surface area contributed by atoms with Gasteiger partial charge in [-0.25, -0.2) is 9.18 Å². The quantitative estimate of drug-likeness (QED) is 0.750. The Kier molecular flexibility index (Phi) is 6.69. The minimum atomic E-state index is -0.491. The highest BCUT2D eigenvalue weighted by atomic mass is 35.5. The highest BCUT2D eigenvalue weighted by Gasteiger charge is 2.06.